The second kappa shape index (κ2) is 1.49. The van der Waals surface area contributed by atoms with Crippen LogP contribution in [0.15, 0.2) is 4.99 Å². The summed E-state index contributed by atoms with van der Waals surface area (Å²) in [6, 6.07) is 0. The van der Waals surface area contributed by atoms with Gasteiger partial charge >= 0.3 is 0 Å². The summed E-state index contributed by atoms with van der Waals surface area (Å²) in [7, 11) is 0. The average Bonchev–Trinajstić information content (AvgIpc) is 1.81. The molecular formula is C7H14N2. The maximum absolute atomic E-state index is 4.28. The normalized spacial score (nSPS) is 28.0. The second-order valence-electron chi connectivity index (χ2n) is 3.59. The molecule has 0 aromatic heterocycles. The molecule has 0 aromatic carbocycles. The summed E-state index contributed by atoms with van der Waals surface area (Å²) in [4.78, 5) is 4.28. The molecule has 1 N–H and O–H groups in total. The van der Waals surface area contributed by atoms with Crippen molar-refractivity contribution < 1.29 is 0 Å². The van der Waals surface area contributed by atoms with E-state index in [0.29, 0.717) is 0 Å². The van der Waals surface area contributed by atoms with Crippen molar-refractivity contribution in [2.24, 2.45) is 4.99 Å². The number of hydrogen-bond acceptors (Lipinski definition) is 2. The molecule has 0 unspecified atom stereocenters. The fraction of sp³-hybridized carbons (Fsp3) is 0.857. The molecule has 0 aliphatic carbocycles. The van der Waals surface area contributed by atoms with Gasteiger partial charge in [-0.1, -0.05) is 0 Å². The maximum atomic E-state index is 4.28. The molecule has 9 heavy (non-hydrogen) atoms. The number of nitrogens with one attached hydrogen (secondary N) is 1. The van der Waals surface area contributed by atoms with Crippen LogP contribution < -0.4 is 5.32 Å². The lowest BCUT2D eigenvalue weighted by molar-refractivity contribution is 0.310. The highest BCUT2D eigenvalue weighted by Crippen LogP contribution is 2.27. The van der Waals surface area contributed by atoms with E-state index < -0.39 is 0 Å². The molecule has 1 aliphatic rings. The van der Waals surface area contributed by atoms with Crippen molar-refractivity contribution in [3.05, 3.63) is 0 Å². The van der Waals surface area contributed by atoms with Crippen LogP contribution in [0.2, 0.25) is 0 Å². The maximum Gasteiger partial charge on any atom is 0.0836 e. The Hall–Kier alpha value is -0.530. The van der Waals surface area contributed by atoms with Crippen LogP contribution in [0.3, 0.4) is 0 Å². The van der Waals surface area contributed by atoms with Crippen molar-refractivity contribution in [2.45, 2.75) is 38.8 Å². The summed E-state index contributed by atoms with van der Waals surface area (Å²) >= 11 is 0. The first-order valence-electron chi connectivity index (χ1n) is 3.27. The predicted octanol–water partition coefficient (Wildman–Crippen LogP) is 1.18. The van der Waals surface area contributed by atoms with Gasteiger partial charge in [0.05, 0.1) is 17.4 Å². The first-order chi connectivity index (χ1) is 3.96. The molecule has 2 heteroatoms. The quantitative estimate of drug-likeness (QED) is 0.517. The number of nitrogens with zero attached hydrogens (tertiary/aromatic N) is 1. The van der Waals surface area contributed by atoms with Crippen molar-refractivity contribution >= 4 is 6.34 Å². The van der Waals surface area contributed by atoms with Crippen molar-refractivity contribution in [1.82, 2.24) is 5.32 Å². The molecule has 1 heterocycles. The Balaban J connectivity index is 2.84. The zero-order valence-electron chi connectivity index (χ0n) is 6.52. The van der Waals surface area contributed by atoms with Gasteiger partial charge in [-0.3, -0.25) is 4.99 Å². The minimum Gasteiger partial charge on any atom is -0.369 e. The first kappa shape index (κ1) is 6.59. The van der Waals surface area contributed by atoms with Gasteiger partial charge in [-0.2, -0.15) is 0 Å². The average molecular weight is 126 g/mol. The molecule has 2 nitrogen and oxygen atoms in total. The van der Waals surface area contributed by atoms with Gasteiger partial charge in [0.15, 0.2) is 0 Å². The molecule has 0 atom stereocenters. The van der Waals surface area contributed by atoms with Crippen molar-refractivity contribution in [3.8, 4) is 0 Å². The van der Waals surface area contributed by atoms with Gasteiger partial charge in [-0.15, -0.1) is 0 Å². The summed E-state index contributed by atoms with van der Waals surface area (Å²) in [5.41, 5.74) is 0.167. The Bertz CT molecular complexity index is 145. The monoisotopic (exact) mass is 126 g/mol. The van der Waals surface area contributed by atoms with Crippen molar-refractivity contribution in [2.75, 3.05) is 0 Å². The van der Waals surface area contributed by atoms with E-state index in [1.54, 1.807) is 6.34 Å². The van der Waals surface area contributed by atoms with E-state index in [2.05, 4.69) is 38.0 Å². The summed E-state index contributed by atoms with van der Waals surface area (Å²) < 4.78 is 0. The summed E-state index contributed by atoms with van der Waals surface area (Å²) in [6.07, 6.45) is 1.79. The Kier molecular flexibility index (Phi) is 1.09. The third-order valence-electron chi connectivity index (χ3n) is 2.34. The minimum atomic E-state index is 0.0486. The molecule has 0 radical (unpaired) electrons. The fourth-order valence-electron chi connectivity index (χ4n) is 0.693. The highest BCUT2D eigenvalue weighted by atomic mass is 15.2. The van der Waals surface area contributed by atoms with Gasteiger partial charge in [0, 0.05) is 0 Å². The third-order valence-corrected chi connectivity index (χ3v) is 2.34. The summed E-state index contributed by atoms with van der Waals surface area (Å²) in [5.74, 6) is 0. The Labute approximate surface area is 56.4 Å². The molecule has 0 fully saturated rings. The van der Waals surface area contributed by atoms with E-state index in [4.69, 9.17) is 0 Å². The smallest absolute Gasteiger partial charge is 0.0836 e. The zero-order chi connectivity index (χ0) is 7.12. The minimum absolute atomic E-state index is 0.0486. The molecule has 52 valence electrons. The van der Waals surface area contributed by atoms with E-state index in [1.807, 2.05) is 0 Å². The Morgan fingerprint density at radius 1 is 1.22 bits per heavy atom. The van der Waals surface area contributed by atoms with Gasteiger partial charge in [0.1, 0.15) is 0 Å². The van der Waals surface area contributed by atoms with Crippen molar-refractivity contribution in [1.29, 1.82) is 0 Å². The van der Waals surface area contributed by atoms with Crippen LogP contribution in [0.25, 0.3) is 0 Å². The van der Waals surface area contributed by atoms with Crippen LogP contribution in [0.1, 0.15) is 27.7 Å². The molecule has 0 bridgehead atoms. The Morgan fingerprint density at radius 2 is 1.78 bits per heavy atom. The Morgan fingerprint density at radius 3 is 1.89 bits per heavy atom. The van der Waals surface area contributed by atoms with Gasteiger partial charge < -0.3 is 5.32 Å². The molecule has 0 amide bonds. The van der Waals surface area contributed by atoms with E-state index in [9.17, 15) is 0 Å². The van der Waals surface area contributed by atoms with Gasteiger partial charge in [0.25, 0.3) is 0 Å². The zero-order valence-corrected chi connectivity index (χ0v) is 6.52. The van der Waals surface area contributed by atoms with Crippen LogP contribution in [0, 0.1) is 0 Å². The van der Waals surface area contributed by atoms with Gasteiger partial charge in [-0.05, 0) is 27.7 Å². The lowest BCUT2D eigenvalue weighted by atomic mass is 9.85. The molecule has 1 rings (SSSR count). The summed E-state index contributed by atoms with van der Waals surface area (Å²) in [6.45, 7) is 8.56. The van der Waals surface area contributed by atoms with E-state index >= 15 is 0 Å². The topological polar surface area (TPSA) is 24.4 Å². The number of hydrogen-bond donors (Lipinski definition) is 1. The molecule has 0 spiro atoms. The fourth-order valence-corrected chi connectivity index (χ4v) is 0.693. The van der Waals surface area contributed by atoms with E-state index in [-0.39, 0.29) is 11.1 Å². The highest BCUT2D eigenvalue weighted by molar-refractivity contribution is 5.60. The molecule has 0 saturated heterocycles. The first-order valence-corrected chi connectivity index (χ1v) is 3.27. The second-order valence-corrected chi connectivity index (χ2v) is 3.59. The lowest BCUT2D eigenvalue weighted by Gasteiger charge is -2.32. The van der Waals surface area contributed by atoms with Crippen LogP contribution in [0.4, 0.5) is 0 Å². The third kappa shape index (κ3) is 0.824. The summed E-state index contributed by atoms with van der Waals surface area (Å²) in [5, 5.41) is 3.19. The van der Waals surface area contributed by atoms with Gasteiger partial charge in [0.2, 0.25) is 0 Å². The van der Waals surface area contributed by atoms with Crippen molar-refractivity contribution in [3.63, 3.8) is 0 Å². The largest absolute Gasteiger partial charge is 0.369 e. The van der Waals surface area contributed by atoms with Gasteiger partial charge in [-0.25, -0.2) is 0 Å². The van der Waals surface area contributed by atoms with Crippen LogP contribution >= 0.6 is 0 Å². The van der Waals surface area contributed by atoms with E-state index in [0.717, 1.165) is 0 Å². The van der Waals surface area contributed by atoms with Crippen LogP contribution in [-0.2, 0) is 0 Å². The van der Waals surface area contributed by atoms with Crippen LogP contribution in [-0.4, -0.2) is 17.4 Å². The predicted molar refractivity (Wildman–Crippen MR) is 39.8 cm³/mol. The highest BCUT2D eigenvalue weighted by Gasteiger charge is 2.38. The molecular weight excluding hydrogens is 112 g/mol. The molecule has 0 saturated carbocycles. The molecule has 1 aliphatic heterocycles. The van der Waals surface area contributed by atoms with E-state index in [1.165, 1.54) is 0 Å². The van der Waals surface area contributed by atoms with Crippen LogP contribution in [0.5, 0.6) is 0 Å². The number of aliphatic imine (C=N–C) groups is 1. The SMILES string of the molecule is CC1(C)N=CNC1(C)C. The number of rotatable bonds is 0. The molecule has 0 aromatic rings. The lowest BCUT2D eigenvalue weighted by Crippen LogP contribution is -2.48. The standard InChI is InChI=1S/C7H14N2/c1-6(2)7(3,4)9-5-8-6/h5H,1-4H3,(H,8,9).